The molecule has 1 N–H and O–H groups in total. The minimum absolute atomic E-state index is 0.0936. The predicted molar refractivity (Wildman–Crippen MR) is 86.6 cm³/mol. The molecule has 1 fully saturated rings. The Hall–Kier alpha value is -1.07. The second-order valence-electron chi connectivity index (χ2n) is 7.10. The molecule has 120 valence electrons. The van der Waals surface area contributed by atoms with Crippen molar-refractivity contribution in [3.05, 3.63) is 12.0 Å². The first kappa shape index (κ1) is 16.3. The van der Waals surface area contributed by atoms with E-state index in [2.05, 4.69) is 54.8 Å². The van der Waals surface area contributed by atoms with Crippen molar-refractivity contribution >= 4 is 6.01 Å². The first-order valence-electron chi connectivity index (χ1n) is 8.03. The van der Waals surface area contributed by atoms with Gasteiger partial charge >= 0.3 is 0 Å². The number of aromatic nitrogens is 1. The van der Waals surface area contributed by atoms with E-state index in [0.717, 1.165) is 50.7 Å². The van der Waals surface area contributed by atoms with E-state index in [0.29, 0.717) is 6.04 Å². The van der Waals surface area contributed by atoms with Gasteiger partial charge in [0.05, 0.1) is 5.69 Å². The van der Waals surface area contributed by atoms with Crippen molar-refractivity contribution in [3.63, 3.8) is 0 Å². The van der Waals surface area contributed by atoms with E-state index in [1.54, 1.807) is 6.26 Å². The summed E-state index contributed by atoms with van der Waals surface area (Å²) in [6.07, 6.45) is 4.06. The maximum Gasteiger partial charge on any atom is 0.297 e. The molecule has 1 saturated heterocycles. The second-order valence-corrected chi connectivity index (χ2v) is 7.10. The fourth-order valence-electron chi connectivity index (χ4n) is 2.71. The van der Waals surface area contributed by atoms with Crippen LogP contribution in [0.3, 0.4) is 0 Å². The Labute approximate surface area is 128 Å². The molecule has 0 spiro atoms. The third-order valence-corrected chi connectivity index (χ3v) is 3.96. The predicted octanol–water partition coefficient (Wildman–Crippen LogP) is 2.48. The largest absolute Gasteiger partial charge is 0.432 e. The van der Waals surface area contributed by atoms with Crippen molar-refractivity contribution in [2.75, 3.05) is 31.6 Å². The van der Waals surface area contributed by atoms with Crippen molar-refractivity contribution in [1.82, 2.24) is 15.2 Å². The van der Waals surface area contributed by atoms with E-state index in [-0.39, 0.29) is 5.54 Å². The van der Waals surface area contributed by atoms with Crippen molar-refractivity contribution in [2.45, 2.75) is 58.7 Å². The van der Waals surface area contributed by atoms with Crippen molar-refractivity contribution in [1.29, 1.82) is 0 Å². The van der Waals surface area contributed by atoms with Gasteiger partial charge in [-0.25, -0.2) is 0 Å². The molecule has 0 radical (unpaired) electrons. The van der Waals surface area contributed by atoms with Crippen molar-refractivity contribution in [3.8, 4) is 0 Å². The van der Waals surface area contributed by atoms with Crippen LogP contribution >= 0.6 is 0 Å². The smallest absolute Gasteiger partial charge is 0.297 e. The van der Waals surface area contributed by atoms with E-state index in [4.69, 9.17) is 4.42 Å². The molecule has 1 atom stereocenters. The Morgan fingerprint density at radius 3 is 2.81 bits per heavy atom. The van der Waals surface area contributed by atoms with Gasteiger partial charge in [0.1, 0.15) is 6.26 Å². The summed E-state index contributed by atoms with van der Waals surface area (Å²) in [6, 6.07) is 1.27. The Bertz CT molecular complexity index is 438. The third kappa shape index (κ3) is 4.71. The maximum atomic E-state index is 5.75. The number of nitrogens with one attached hydrogen (secondary N) is 1. The van der Waals surface area contributed by atoms with Gasteiger partial charge < -0.3 is 19.5 Å². The first-order valence-corrected chi connectivity index (χ1v) is 8.03. The van der Waals surface area contributed by atoms with Gasteiger partial charge in [0.2, 0.25) is 0 Å². The number of nitrogens with zero attached hydrogens (tertiary/aromatic N) is 3. The third-order valence-electron chi connectivity index (χ3n) is 3.96. The fourth-order valence-corrected chi connectivity index (χ4v) is 2.71. The molecular weight excluding hydrogens is 264 g/mol. The van der Waals surface area contributed by atoms with Gasteiger partial charge in [0, 0.05) is 31.2 Å². The van der Waals surface area contributed by atoms with Crippen LogP contribution in [0, 0.1) is 0 Å². The molecule has 2 heterocycles. The van der Waals surface area contributed by atoms with Gasteiger partial charge in [-0.3, -0.25) is 0 Å². The molecule has 21 heavy (non-hydrogen) atoms. The maximum absolute atomic E-state index is 5.75. The van der Waals surface area contributed by atoms with E-state index in [1.807, 2.05) is 0 Å². The van der Waals surface area contributed by atoms with Crippen LogP contribution in [0.2, 0.25) is 0 Å². The van der Waals surface area contributed by atoms with Crippen LogP contribution in [-0.4, -0.2) is 48.1 Å². The number of rotatable bonds is 4. The summed E-state index contributed by atoms with van der Waals surface area (Å²) in [5.41, 5.74) is 1.07. The molecule has 0 amide bonds. The average molecular weight is 294 g/mol. The molecular formula is C16H30N4O. The zero-order valence-corrected chi connectivity index (χ0v) is 14.1. The molecule has 0 aliphatic carbocycles. The van der Waals surface area contributed by atoms with E-state index >= 15 is 0 Å². The molecule has 5 heteroatoms. The summed E-state index contributed by atoms with van der Waals surface area (Å²) in [5.74, 6) is 0. The number of oxazole rings is 1. The first-order chi connectivity index (χ1) is 9.89. The molecule has 1 aromatic rings. The average Bonchev–Trinajstić information content (AvgIpc) is 2.79. The summed E-state index contributed by atoms with van der Waals surface area (Å²) in [4.78, 5) is 9.42. The van der Waals surface area contributed by atoms with Gasteiger partial charge in [-0.05, 0) is 47.2 Å². The highest BCUT2D eigenvalue weighted by Crippen LogP contribution is 2.21. The Balaban J connectivity index is 2.04. The topological polar surface area (TPSA) is 44.5 Å². The van der Waals surface area contributed by atoms with Gasteiger partial charge in [-0.1, -0.05) is 6.92 Å². The number of likely N-dealkylation sites (N-methyl/N-ethyl adjacent to an activating group) is 1. The Morgan fingerprint density at radius 2 is 2.14 bits per heavy atom. The van der Waals surface area contributed by atoms with Crippen LogP contribution in [0.1, 0.15) is 46.2 Å². The number of anilines is 1. The van der Waals surface area contributed by atoms with Crippen LogP contribution < -0.4 is 10.2 Å². The van der Waals surface area contributed by atoms with Crippen molar-refractivity contribution in [2.24, 2.45) is 0 Å². The second kappa shape index (κ2) is 6.79. The Morgan fingerprint density at radius 1 is 1.38 bits per heavy atom. The van der Waals surface area contributed by atoms with Crippen molar-refractivity contribution < 1.29 is 4.42 Å². The van der Waals surface area contributed by atoms with Gasteiger partial charge in [-0.2, -0.15) is 4.98 Å². The zero-order valence-electron chi connectivity index (χ0n) is 14.1. The molecule has 0 saturated carbocycles. The summed E-state index contributed by atoms with van der Waals surface area (Å²) < 4.78 is 5.75. The van der Waals surface area contributed by atoms with Gasteiger partial charge in [-0.15, -0.1) is 0 Å². The lowest BCUT2D eigenvalue weighted by atomic mass is 10.1. The number of hydrogen-bond acceptors (Lipinski definition) is 5. The monoisotopic (exact) mass is 294 g/mol. The summed E-state index contributed by atoms with van der Waals surface area (Å²) in [6.45, 7) is 12.7. The molecule has 1 unspecified atom stereocenters. The molecule has 2 rings (SSSR count). The lowest BCUT2D eigenvalue weighted by Crippen LogP contribution is -2.40. The highest BCUT2D eigenvalue weighted by atomic mass is 16.4. The summed E-state index contributed by atoms with van der Waals surface area (Å²) >= 11 is 0. The SMILES string of the molecule is CCC1CN(C)CCCN1c1nc(CNC(C)(C)C)co1. The van der Waals surface area contributed by atoms with E-state index in [1.165, 1.54) is 0 Å². The molecule has 5 nitrogen and oxygen atoms in total. The van der Waals surface area contributed by atoms with Crippen LogP contribution in [0.25, 0.3) is 0 Å². The van der Waals surface area contributed by atoms with Crippen LogP contribution in [0.4, 0.5) is 6.01 Å². The van der Waals surface area contributed by atoms with Gasteiger partial charge in [0.25, 0.3) is 6.01 Å². The van der Waals surface area contributed by atoms with Crippen LogP contribution in [0.5, 0.6) is 0 Å². The molecule has 1 aliphatic rings. The highest BCUT2D eigenvalue weighted by Gasteiger charge is 2.25. The minimum atomic E-state index is 0.0936. The normalized spacial score (nSPS) is 21.6. The van der Waals surface area contributed by atoms with E-state index < -0.39 is 0 Å². The zero-order chi connectivity index (χ0) is 15.5. The minimum Gasteiger partial charge on any atom is -0.432 e. The quantitative estimate of drug-likeness (QED) is 0.924. The number of hydrogen-bond donors (Lipinski definition) is 1. The highest BCUT2D eigenvalue weighted by molar-refractivity contribution is 5.30. The summed E-state index contributed by atoms with van der Waals surface area (Å²) in [5, 5.41) is 3.45. The lowest BCUT2D eigenvalue weighted by Gasteiger charge is -2.28. The molecule has 1 aliphatic heterocycles. The van der Waals surface area contributed by atoms with Gasteiger partial charge in [0.15, 0.2) is 0 Å². The van der Waals surface area contributed by atoms with E-state index in [9.17, 15) is 0 Å². The molecule has 1 aromatic heterocycles. The fraction of sp³-hybridized carbons (Fsp3) is 0.812. The van der Waals surface area contributed by atoms with Crippen LogP contribution in [-0.2, 0) is 6.54 Å². The standard InChI is InChI=1S/C16H30N4O/c1-6-14-11-19(5)8-7-9-20(14)15-18-13(12-21-15)10-17-16(2,3)4/h12,14,17H,6-11H2,1-5H3. The van der Waals surface area contributed by atoms with Crippen LogP contribution in [0.15, 0.2) is 10.7 Å². The summed E-state index contributed by atoms with van der Waals surface area (Å²) in [7, 11) is 2.19. The molecule has 0 bridgehead atoms. The lowest BCUT2D eigenvalue weighted by molar-refractivity contribution is 0.325. The Kier molecular flexibility index (Phi) is 5.27. The molecule has 0 aromatic carbocycles.